The van der Waals surface area contributed by atoms with Gasteiger partial charge in [0.1, 0.15) is 4.90 Å². The molecule has 0 fully saturated rings. The van der Waals surface area contributed by atoms with Crippen LogP contribution in [0.2, 0.25) is 0 Å². The monoisotopic (exact) mass is 294 g/mol. The van der Waals surface area contributed by atoms with E-state index >= 15 is 0 Å². The minimum atomic E-state index is -3.64. The SMILES string of the molecule is CCC(=O)Nc1ccc(NS(=O)(=O)c2cn[nH]c2)cc1. The highest BCUT2D eigenvalue weighted by atomic mass is 32.2. The number of carbonyl (C=O) groups is 1. The number of rotatable bonds is 5. The van der Waals surface area contributed by atoms with Crippen molar-refractivity contribution in [2.24, 2.45) is 0 Å². The summed E-state index contributed by atoms with van der Waals surface area (Å²) in [6, 6.07) is 6.40. The number of carbonyl (C=O) groups excluding carboxylic acids is 1. The first kappa shape index (κ1) is 14.1. The van der Waals surface area contributed by atoms with Crippen molar-refractivity contribution in [1.82, 2.24) is 10.2 Å². The first-order valence-electron chi connectivity index (χ1n) is 5.93. The maximum absolute atomic E-state index is 11.9. The van der Waals surface area contributed by atoms with E-state index in [4.69, 9.17) is 0 Å². The highest BCUT2D eigenvalue weighted by Crippen LogP contribution is 2.17. The number of hydrogen-bond acceptors (Lipinski definition) is 4. The molecule has 0 aliphatic heterocycles. The summed E-state index contributed by atoms with van der Waals surface area (Å²) in [5.41, 5.74) is 1.02. The lowest BCUT2D eigenvalue weighted by Crippen LogP contribution is -2.12. The maximum atomic E-state index is 11.9. The van der Waals surface area contributed by atoms with Crippen molar-refractivity contribution in [2.75, 3.05) is 10.0 Å². The van der Waals surface area contributed by atoms with Crippen molar-refractivity contribution in [3.05, 3.63) is 36.7 Å². The van der Waals surface area contributed by atoms with E-state index in [1.807, 2.05) is 0 Å². The van der Waals surface area contributed by atoms with E-state index in [1.165, 1.54) is 12.4 Å². The minimum absolute atomic E-state index is 0.0564. The van der Waals surface area contributed by atoms with Crippen molar-refractivity contribution >= 4 is 27.3 Å². The third-order valence-electron chi connectivity index (χ3n) is 2.53. The largest absolute Gasteiger partial charge is 0.326 e. The van der Waals surface area contributed by atoms with Gasteiger partial charge in [-0.2, -0.15) is 5.10 Å². The van der Waals surface area contributed by atoms with E-state index in [1.54, 1.807) is 31.2 Å². The predicted octanol–water partition coefficient (Wildman–Crippen LogP) is 1.56. The fourth-order valence-electron chi connectivity index (χ4n) is 1.47. The van der Waals surface area contributed by atoms with Crippen LogP contribution in [0.4, 0.5) is 11.4 Å². The van der Waals surface area contributed by atoms with Gasteiger partial charge in [0.2, 0.25) is 5.91 Å². The van der Waals surface area contributed by atoms with Crippen LogP contribution in [0.5, 0.6) is 0 Å². The number of benzene rings is 1. The number of anilines is 2. The van der Waals surface area contributed by atoms with Gasteiger partial charge in [-0.05, 0) is 24.3 Å². The van der Waals surface area contributed by atoms with E-state index in [0.717, 1.165) is 0 Å². The van der Waals surface area contributed by atoms with Gasteiger partial charge < -0.3 is 5.32 Å². The van der Waals surface area contributed by atoms with Crippen molar-refractivity contribution in [3.8, 4) is 0 Å². The number of aromatic nitrogens is 2. The second-order valence-electron chi connectivity index (χ2n) is 4.02. The number of aromatic amines is 1. The average Bonchev–Trinajstić information content (AvgIpc) is 2.95. The van der Waals surface area contributed by atoms with Crippen molar-refractivity contribution < 1.29 is 13.2 Å². The summed E-state index contributed by atoms with van der Waals surface area (Å²) < 4.78 is 26.3. The summed E-state index contributed by atoms with van der Waals surface area (Å²) in [6.45, 7) is 1.75. The quantitative estimate of drug-likeness (QED) is 0.778. The second kappa shape index (κ2) is 5.74. The molecule has 1 heterocycles. The molecule has 7 nitrogen and oxygen atoms in total. The molecule has 0 saturated carbocycles. The van der Waals surface area contributed by atoms with Crippen molar-refractivity contribution in [1.29, 1.82) is 0 Å². The van der Waals surface area contributed by atoms with E-state index in [2.05, 4.69) is 20.2 Å². The Morgan fingerprint density at radius 1 is 1.25 bits per heavy atom. The van der Waals surface area contributed by atoms with E-state index in [-0.39, 0.29) is 10.8 Å². The van der Waals surface area contributed by atoms with Crippen LogP contribution in [-0.4, -0.2) is 24.5 Å². The summed E-state index contributed by atoms with van der Waals surface area (Å²) in [6.07, 6.45) is 2.89. The van der Waals surface area contributed by atoms with Crippen LogP contribution in [0.1, 0.15) is 13.3 Å². The fraction of sp³-hybridized carbons (Fsp3) is 0.167. The molecule has 0 unspecified atom stereocenters. The summed E-state index contributed by atoms with van der Waals surface area (Å²) in [7, 11) is -3.64. The standard InChI is InChI=1S/C12H14N4O3S/c1-2-12(17)15-9-3-5-10(6-4-9)16-20(18,19)11-7-13-14-8-11/h3-8,16H,2H2,1H3,(H,13,14)(H,15,17). The molecular weight excluding hydrogens is 280 g/mol. The zero-order chi connectivity index (χ0) is 14.6. The van der Waals surface area contributed by atoms with Gasteiger partial charge in [0.25, 0.3) is 10.0 Å². The molecule has 0 radical (unpaired) electrons. The zero-order valence-electron chi connectivity index (χ0n) is 10.8. The molecule has 2 aromatic rings. The molecule has 1 amide bonds. The molecule has 8 heteroatoms. The topological polar surface area (TPSA) is 104 Å². The van der Waals surface area contributed by atoms with Gasteiger partial charge in [0, 0.05) is 24.0 Å². The Morgan fingerprint density at radius 2 is 1.90 bits per heavy atom. The lowest BCUT2D eigenvalue weighted by atomic mass is 10.3. The molecule has 0 saturated heterocycles. The van der Waals surface area contributed by atoms with E-state index in [9.17, 15) is 13.2 Å². The van der Waals surface area contributed by atoms with Gasteiger partial charge in [-0.15, -0.1) is 0 Å². The van der Waals surface area contributed by atoms with Gasteiger partial charge in [-0.25, -0.2) is 8.42 Å². The van der Waals surface area contributed by atoms with Crippen molar-refractivity contribution in [2.45, 2.75) is 18.2 Å². The molecule has 0 aliphatic rings. The molecule has 20 heavy (non-hydrogen) atoms. The molecule has 1 aromatic carbocycles. The summed E-state index contributed by atoms with van der Waals surface area (Å²) in [4.78, 5) is 11.3. The van der Waals surface area contributed by atoms with Gasteiger partial charge in [-0.1, -0.05) is 6.92 Å². The van der Waals surface area contributed by atoms with Crippen molar-refractivity contribution in [3.63, 3.8) is 0 Å². The Hall–Kier alpha value is -2.35. The van der Waals surface area contributed by atoms with Crippen LogP contribution in [0.25, 0.3) is 0 Å². The van der Waals surface area contributed by atoms with Crippen LogP contribution < -0.4 is 10.0 Å². The Labute approximate surface area is 116 Å². The molecule has 0 spiro atoms. The molecule has 2 rings (SSSR count). The van der Waals surface area contributed by atoms with Crippen LogP contribution in [0, 0.1) is 0 Å². The molecule has 0 bridgehead atoms. The van der Waals surface area contributed by atoms with Crippen LogP contribution >= 0.6 is 0 Å². The Kier molecular flexibility index (Phi) is 4.04. The zero-order valence-corrected chi connectivity index (χ0v) is 11.6. The third kappa shape index (κ3) is 3.35. The summed E-state index contributed by atoms with van der Waals surface area (Å²) in [5, 5.41) is 8.71. The number of nitrogens with zero attached hydrogens (tertiary/aromatic N) is 1. The van der Waals surface area contributed by atoms with Gasteiger partial charge in [0.05, 0.1) is 6.20 Å². The number of nitrogens with one attached hydrogen (secondary N) is 3. The third-order valence-corrected chi connectivity index (χ3v) is 3.87. The highest BCUT2D eigenvalue weighted by molar-refractivity contribution is 7.92. The fourth-order valence-corrected chi connectivity index (χ4v) is 2.43. The maximum Gasteiger partial charge on any atom is 0.265 e. The van der Waals surface area contributed by atoms with Gasteiger partial charge in [-0.3, -0.25) is 14.6 Å². The number of sulfonamides is 1. The van der Waals surface area contributed by atoms with Crippen LogP contribution in [0.15, 0.2) is 41.6 Å². The molecular formula is C12H14N4O3S. The normalized spacial score (nSPS) is 11.1. The minimum Gasteiger partial charge on any atom is -0.326 e. The first-order valence-corrected chi connectivity index (χ1v) is 7.41. The molecule has 106 valence electrons. The van der Waals surface area contributed by atoms with Crippen LogP contribution in [0.3, 0.4) is 0 Å². The molecule has 0 atom stereocenters. The Morgan fingerprint density at radius 3 is 2.45 bits per heavy atom. The first-order chi connectivity index (χ1) is 9.51. The van der Waals surface area contributed by atoms with Gasteiger partial charge in [0.15, 0.2) is 0 Å². The molecule has 1 aromatic heterocycles. The summed E-state index contributed by atoms with van der Waals surface area (Å²) in [5.74, 6) is -0.100. The lowest BCUT2D eigenvalue weighted by molar-refractivity contribution is -0.115. The molecule has 3 N–H and O–H groups in total. The van der Waals surface area contributed by atoms with E-state index < -0.39 is 10.0 Å². The van der Waals surface area contributed by atoms with Gasteiger partial charge >= 0.3 is 0 Å². The number of hydrogen-bond donors (Lipinski definition) is 3. The van der Waals surface area contributed by atoms with Crippen LogP contribution in [-0.2, 0) is 14.8 Å². The smallest absolute Gasteiger partial charge is 0.265 e. The number of amides is 1. The summed E-state index contributed by atoms with van der Waals surface area (Å²) >= 11 is 0. The van der Waals surface area contributed by atoms with E-state index in [0.29, 0.717) is 17.8 Å². The lowest BCUT2D eigenvalue weighted by Gasteiger charge is -2.08. The second-order valence-corrected chi connectivity index (χ2v) is 5.70. The average molecular weight is 294 g/mol. The number of H-pyrrole nitrogens is 1. The Bertz CT molecular complexity index is 678. The predicted molar refractivity (Wildman–Crippen MR) is 74.8 cm³/mol. The highest BCUT2D eigenvalue weighted by Gasteiger charge is 2.15. The molecule has 0 aliphatic carbocycles. The Balaban J connectivity index is 2.10.